The Labute approximate surface area is 158 Å². The third-order valence-electron chi connectivity index (χ3n) is 5.35. The molecule has 3 rings (SSSR count). The van der Waals surface area contributed by atoms with Gasteiger partial charge in [0.1, 0.15) is 5.56 Å². The van der Waals surface area contributed by atoms with Crippen LogP contribution in [0.3, 0.4) is 0 Å². The van der Waals surface area contributed by atoms with Crippen LogP contribution in [0.4, 0.5) is 0 Å². The number of amides is 2. The van der Waals surface area contributed by atoms with Gasteiger partial charge in [-0.05, 0) is 23.5 Å². The summed E-state index contributed by atoms with van der Waals surface area (Å²) in [6, 6.07) is 11.0. The van der Waals surface area contributed by atoms with Crippen LogP contribution in [0.25, 0.3) is 0 Å². The number of carbonyl (C=O) groups is 2. The first-order valence-electron chi connectivity index (χ1n) is 9.27. The third-order valence-corrected chi connectivity index (χ3v) is 5.35. The van der Waals surface area contributed by atoms with Gasteiger partial charge in [-0.25, -0.2) is 0 Å². The first-order valence-corrected chi connectivity index (χ1v) is 9.27. The molecule has 1 saturated carbocycles. The molecule has 6 nitrogen and oxygen atoms in total. The Morgan fingerprint density at radius 2 is 1.85 bits per heavy atom. The van der Waals surface area contributed by atoms with Gasteiger partial charge in [-0.3, -0.25) is 14.4 Å². The first-order chi connectivity index (χ1) is 13.0. The Bertz CT molecular complexity index is 905. The van der Waals surface area contributed by atoms with E-state index in [1.807, 2.05) is 30.3 Å². The maximum absolute atomic E-state index is 12.7. The lowest BCUT2D eigenvalue weighted by molar-refractivity contribution is 0.0946. The van der Waals surface area contributed by atoms with Gasteiger partial charge in [0.25, 0.3) is 17.4 Å². The molecule has 0 spiro atoms. The molecule has 6 heteroatoms. The normalized spacial score (nSPS) is 20.8. The highest BCUT2D eigenvalue weighted by Gasteiger charge is 2.46. The number of rotatable bonds is 6. The molecule has 2 amide bonds. The lowest BCUT2D eigenvalue weighted by Gasteiger charge is -2.12. The van der Waals surface area contributed by atoms with Crippen LogP contribution in [0.2, 0.25) is 0 Å². The van der Waals surface area contributed by atoms with E-state index in [0.717, 1.165) is 12.0 Å². The summed E-state index contributed by atoms with van der Waals surface area (Å²) < 4.78 is 1.42. The van der Waals surface area contributed by atoms with Gasteiger partial charge in [0.15, 0.2) is 0 Å². The molecule has 2 N–H and O–H groups in total. The van der Waals surface area contributed by atoms with E-state index in [1.54, 1.807) is 0 Å². The zero-order valence-electron chi connectivity index (χ0n) is 15.9. The molecule has 1 heterocycles. The van der Waals surface area contributed by atoms with E-state index in [9.17, 15) is 14.4 Å². The molecule has 27 heavy (non-hydrogen) atoms. The zero-order valence-corrected chi connectivity index (χ0v) is 15.9. The Kier molecular flexibility index (Phi) is 5.44. The number of hydrogen-bond donors (Lipinski definition) is 2. The predicted octanol–water partition coefficient (Wildman–Crippen LogP) is 2.03. The van der Waals surface area contributed by atoms with Crippen LogP contribution in [-0.2, 0) is 6.54 Å². The molecule has 1 aromatic carbocycles. The molecule has 3 atom stereocenters. The predicted molar refractivity (Wildman–Crippen MR) is 104 cm³/mol. The van der Waals surface area contributed by atoms with Crippen molar-refractivity contribution >= 4 is 11.8 Å². The van der Waals surface area contributed by atoms with Gasteiger partial charge in [-0.1, -0.05) is 50.6 Å². The van der Waals surface area contributed by atoms with Gasteiger partial charge >= 0.3 is 0 Å². The standard InChI is InChI=1S/C21H25N3O3/c1-4-16-13(2)18(16)23-19(25)15-10-17(20(26)22-3)21(27)24(12-15)11-14-8-6-5-7-9-14/h5-10,12-13,16,18H,4,11H2,1-3H3,(H,22,26)(H,23,25)/t13?,16?,18-/m0/s1. The number of nitrogens with one attached hydrogen (secondary N) is 2. The average molecular weight is 367 g/mol. The summed E-state index contributed by atoms with van der Waals surface area (Å²) in [5, 5.41) is 5.50. The summed E-state index contributed by atoms with van der Waals surface area (Å²) in [7, 11) is 1.47. The number of carbonyl (C=O) groups excluding carboxylic acids is 2. The fourth-order valence-corrected chi connectivity index (χ4v) is 3.60. The molecule has 0 saturated heterocycles. The largest absolute Gasteiger partial charge is 0.355 e. The number of nitrogens with zero attached hydrogens (tertiary/aromatic N) is 1. The molecule has 1 aliphatic rings. The molecule has 2 unspecified atom stereocenters. The van der Waals surface area contributed by atoms with Crippen LogP contribution in [0.15, 0.2) is 47.4 Å². The van der Waals surface area contributed by atoms with Gasteiger partial charge in [-0.2, -0.15) is 0 Å². The monoisotopic (exact) mass is 367 g/mol. The van der Waals surface area contributed by atoms with Gasteiger partial charge in [-0.15, -0.1) is 0 Å². The van der Waals surface area contributed by atoms with Crippen LogP contribution in [-0.4, -0.2) is 29.5 Å². The van der Waals surface area contributed by atoms with E-state index in [4.69, 9.17) is 0 Å². The van der Waals surface area contributed by atoms with Crippen molar-refractivity contribution in [2.45, 2.75) is 32.9 Å². The SMILES string of the molecule is CCC1C(C)[C@@H]1NC(=O)c1cc(C(=O)NC)c(=O)n(Cc2ccccc2)c1. The first kappa shape index (κ1) is 18.9. The number of hydrogen-bond acceptors (Lipinski definition) is 3. The molecule has 142 valence electrons. The van der Waals surface area contributed by atoms with Crippen molar-refractivity contribution in [1.82, 2.24) is 15.2 Å². The molecule has 0 radical (unpaired) electrons. The van der Waals surface area contributed by atoms with E-state index in [0.29, 0.717) is 23.9 Å². The van der Waals surface area contributed by atoms with Crippen molar-refractivity contribution in [3.05, 3.63) is 69.6 Å². The molecule has 0 aliphatic heterocycles. The second-order valence-electron chi connectivity index (χ2n) is 7.07. The average Bonchev–Trinajstić information content (AvgIpc) is 3.30. The highest BCUT2D eigenvalue weighted by atomic mass is 16.2. The summed E-state index contributed by atoms with van der Waals surface area (Å²) in [4.78, 5) is 37.6. The maximum Gasteiger partial charge on any atom is 0.263 e. The lowest BCUT2D eigenvalue weighted by atomic mass is 10.1. The van der Waals surface area contributed by atoms with E-state index < -0.39 is 11.5 Å². The number of pyridine rings is 1. The molecule has 1 aliphatic carbocycles. The van der Waals surface area contributed by atoms with Crippen LogP contribution in [0.5, 0.6) is 0 Å². The summed E-state index contributed by atoms with van der Waals surface area (Å²) in [6.07, 6.45) is 2.55. The lowest BCUT2D eigenvalue weighted by Crippen LogP contribution is -2.34. The Balaban J connectivity index is 1.93. The van der Waals surface area contributed by atoms with E-state index in [1.165, 1.54) is 23.9 Å². The van der Waals surface area contributed by atoms with Gasteiger partial charge in [0, 0.05) is 19.3 Å². The van der Waals surface area contributed by atoms with Crippen molar-refractivity contribution < 1.29 is 9.59 Å². The molecule has 2 aromatic rings. The van der Waals surface area contributed by atoms with Crippen molar-refractivity contribution in [1.29, 1.82) is 0 Å². The Morgan fingerprint density at radius 3 is 2.44 bits per heavy atom. The van der Waals surface area contributed by atoms with Crippen LogP contribution in [0.1, 0.15) is 46.5 Å². The molecule has 1 aromatic heterocycles. The Hall–Kier alpha value is -2.89. The maximum atomic E-state index is 12.7. The fraction of sp³-hybridized carbons (Fsp3) is 0.381. The number of aromatic nitrogens is 1. The molecule has 0 bridgehead atoms. The van der Waals surface area contributed by atoms with E-state index >= 15 is 0 Å². The highest BCUT2D eigenvalue weighted by Crippen LogP contribution is 2.41. The van der Waals surface area contributed by atoms with Crippen molar-refractivity contribution in [2.24, 2.45) is 11.8 Å². The Morgan fingerprint density at radius 1 is 1.15 bits per heavy atom. The van der Waals surface area contributed by atoms with Crippen molar-refractivity contribution in [3.8, 4) is 0 Å². The topological polar surface area (TPSA) is 80.2 Å². The van der Waals surface area contributed by atoms with Crippen LogP contribution >= 0.6 is 0 Å². The summed E-state index contributed by atoms with van der Waals surface area (Å²) in [5.74, 6) is 0.188. The van der Waals surface area contributed by atoms with E-state index in [-0.39, 0.29) is 17.5 Å². The third kappa shape index (κ3) is 3.94. The zero-order chi connectivity index (χ0) is 19.6. The minimum Gasteiger partial charge on any atom is -0.355 e. The smallest absolute Gasteiger partial charge is 0.263 e. The second-order valence-corrected chi connectivity index (χ2v) is 7.07. The molecular formula is C21H25N3O3. The summed E-state index contributed by atoms with van der Waals surface area (Å²) in [5.41, 5.74) is 0.790. The minimum absolute atomic E-state index is 0.0306. The van der Waals surface area contributed by atoms with Gasteiger partial charge in [0.2, 0.25) is 0 Å². The second kappa shape index (κ2) is 7.78. The summed E-state index contributed by atoms with van der Waals surface area (Å²) >= 11 is 0. The number of benzene rings is 1. The fourth-order valence-electron chi connectivity index (χ4n) is 3.60. The molecular weight excluding hydrogens is 342 g/mol. The van der Waals surface area contributed by atoms with Gasteiger partial charge < -0.3 is 15.2 Å². The van der Waals surface area contributed by atoms with Crippen molar-refractivity contribution in [2.75, 3.05) is 7.05 Å². The van der Waals surface area contributed by atoms with E-state index in [2.05, 4.69) is 24.5 Å². The van der Waals surface area contributed by atoms with Crippen LogP contribution in [0, 0.1) is 11.8 Å². The van der Waals surface area contributed by atoms with Gasteiger partial charge in [0.05, 0.1) is 12.1 Å². The van der Waals surface area contributed by atoms with Crippen LogP contribution < -0.4 is 16.2 Å². The highest BCUT2D eigenvalue weighted by molar-refractivity contribution is 5.99. The minimum atomic E-state index is -0.498. The quantitative estimate of drug-likeness (QED) is 0.820. The summed E-state index contributed by atoms with van der Waals surface area (Å²) in [6.45, 7) is 4.52. The van der Waals surface area contributed by atoms with Crippen molar-refractivity contribution in [3.63, 3.8) is 0 Å². The molecule has 1 fully saturated rings.